The van der Waals surface area contributed by atoms with Crippen LogP contribution in [0.3, 0.4) is 0 Å². The van der Waals surface area contributed by atoms with Crippen molar-refractivity contribution in [3.05, 3.63) is 129 Å². The number of hydrogen-bond acceptors (Lipinski definition) is 2. The zero-order valence-electron chi connectivity index (χ0n) is 32.9. The number of hydrogen-bond donors (Lipinski definition) is 2. The molecule has 2 unspecified atom stereocenters. The van der Waals surface area contributed by atoms with Gasteiger partial charge < -0.3 is 0 Å². The Morgan fingerprint density at radius 2 is 0.944 bits per heavy atom. The first-order valence-electron chi connectivity index (χ1n) is 19.5. The van der Waals surface area contributed by atoms with Gasteiger partial charge in [0.1, 0.15) is 0 Å². The number of carbonyl (C=O) groups is 2. The molecule has 8 heteroatoms. The van der Waals surface area contributed by atoms with E-state index in [1.807, 2.05) is 0 Å². The molecule has 2 atom stereocenters. The van der Waals surface area contributed by atoms with Crippen molar-refractivity contribution in [2.24, 2.45) is 23.7 Å². The summed E-state index contributed by atoms with van der Waals surface area (Å²) in [7, 11) is 17.4. The molecule has 0 spiro atoms. The number of amides is 2. The first-order valence-corrected chi connectivity index (χ1v) is 30.1. The Morgan fingerprint density at radius 3 is 1.30 bits per heavy atom. The van der Waals surface area contributed by atoms with Crippen LogP contribution in [0, 0.1) is 23.7 Å². The maximum atomic E-state index is 12.6. The molecule has 0 bridgehead atoms. The minimum atomic E-state index is -5.92. The first-order chi connectivity index (χ1) is 25.7. The van der Waals surface area contributed by atoms with Crippen LogP contribution in [0.4, 0.5) is 0 Å². The Hall–Kier alpha value is -3.17. The second-order valence-corrected chi connectivity index (χ2v) is 38.2. The van der Waals surface area contributed by atoms with Crippen molar-refractivity contribution in [1.82, 2.24) is 10.5 Å². The zero-order valence-corrected chi connectivity index (χ0v) is 36.9. The van der Waals surface area contributed by atoms with E-state index in [0.717, 1.165) is 57.4 Å². The summed E-state index contributed by atoms with van der Waals surface area (Å²) in [6.07, 6.45) is 7.82. The summed E-state index contributed by atoms with van der Waals surface area (Å²) in [5, 5.41) is 6.01. The molecule has 2 N–H and O–H groups in total. The van der Waals surface area contributed by atoms with E-state index in [1.165, 1.54) is 22.3 Å². The molecule has 281 valence electrons. The number of rotatable bonds is 15. The third-order valence-corrected chi connectivity index (χ3v) is 31.4. The molecule has 2 amide bonds. The Labute approximate surface area is 331 Å². The second-order valence-electron chi connectivity index (χ2n) is 16.8. The van der Waals surface area contributed by atoms with Crippen molar-refractivity contribution in [1.29, 1.82) is 0 Å². The number of allylic oxidation sites excluding steroid dienone is 2. The SMILES string of the molecule is CC(C)Cc1ccccc1-c1cccc2c1C=C(C(C)C)[CH]2[Zr]([Cl])([Cl])([B](NC=O)NC=O)[CH]1C(C(C)C)=Cc2c(-c3ccccc3CC(C)C)cccc21. The minimum absolute atomic E-state index is 0.0845. The van der Waals surface area contributed by atoms with Gasteiger partial charge in [-0.15, -0.1) is 0 Å². The van der Waals surface area contributed by atoms with Crippen LogP contribution in [-0.4, -0.2) is 17.3 Å². The summed E-state index contributed by atoms with van der Waals surface area (Å²) < 4.78 is -1.79. The average molecular weight is 840 g/mol. The van der Waals surface area contributed by atoms with Gasteiger partial charge in [-0.2, -0.15) is 0 Å². The molecule has 0 aromatic heterocycles. The normalized spacial score (nSPS) is 17.2. The molecule has 2 aliphatic rings. The van der Waals surface area contributed by atoms with E-state index in [4.69, 9.17) is 17.0 Å². The number of halogens is 2. The predicted octanol–water partition coefficient (Wildman–Crippen LogP) is 11.8. The fourth-order valence-electron chi connectivity index (χ4n) is 9.36. The molecule has 0 aliphatic heterocycles. The van der Waals surface area contributed by atoms with E-state index in [1.54, 1.807) is 0 Å². The third-order valence-electron chi connectivity index (χ3n) is 11.5. The van der Waals surface area contributed by atoms with Crippen molar-refractivity contribution in [3.8, 4) is 22.3 Å². The van der Waals surface area contributed by atoms with Gasteiger partial charge in [0.15, 0.2) is 0 Å². The predicted molar refractivity (Wildman–Crippen MR) is 228 cm³/mol. The Bertz CT molecular complexity index is 1980. The number of nitrogens with one attached hydrogen (secondary N) is 2. The van der Waals surface area contributed by atoms with Gasteiger partial charge >= 0.3 is 334 Å². The van der Waals surface area contributed by atoms with Gasteiger partial charge in [0.25, 0.3) is 0 Å². The monoisotopic (exact) mass is 837 g/mol. The van der Waals surface area contributed by atoms with E-state index in [9.17, 15) is 9.59 Å². The van der Waals surface area contributed by atoms with Gasteiger partial charge in [0, 0.05) is 0 Å². The number of benzene rings is 4. The summed E-state index contributed by atoms with van der Waals surface area (Å²) in [6, 6.07) is 30.3. The van der Waals surface area contributed by atoms with Crippen molar-refractivity contribution in [3.63, 3.8) is 0 Å². The standard InChI is InChI=1S/2C22H25.C2H3BN2O2.2ClH.Zr/c2*1-15(2)12-17-8-5-6-10-20(17)21-11-7-9-18-13-19(16(3)4)14-22(18)21;6-1-4-3-5-2-7;;;/h2*5-11,13-16H,12H2,1-4H3;1-2H,(H-,4,5,6,7);2*1H;/q;;;;;+1/p-1. The molecule has 0 radical (unpaired) electrons. The molecule has 4 aromatic carbocycles. The topological polar surface area (TPSA) is 58.2 Å². The molecular formula is C46H54BCl2N2O2Zr. The fraction of sp³-hybridized carbons (Fsp3) is 0.348. The molecular weight excluding hydrogens is 785 g/mol. The summed E-state index contributed by atoms with van der Waals surface area (Å²) in [6.45, 7) is 17.8. The molecule has 4 nitrogen and oxygen atoms in total. The van der Waals surface area contributed by atoms with Crippen LogP contribution < -0.4 is 10.5 Å². The number of carbonyl (C=O) groups excluding carboxylic acids is 2. The van der Waals surface area contributed by atoms with Gasteiger partial charge in [0.05, 0.1) is 0 Å². The Kier molecular flexibility index (Phi) is 12.1. The summed E-state index contributed by atoms with van der Waals surface area (Å²) in [4.78, 5) is 25.2. The first kappa shape index (κ1) is 40.5. The summed E-state index contributed by atoms with van der Waals surface area (Å²) in [5.41, 5.74) is 13.9. The molecule has 0 fully saturated rings. The van der Waals surface area contributed by atoms with Gasteiger partial charge in [-0.3, -0.25) is 0 Å². The van der Waals surface area contributed by atoms with E-state index in [0.29, 0.717) is 24.7 Å². The van der Waals surface area contributed by atoms with Crippen LogP contribution in [0.5, 0.6) is 0 Å². The van der Waals surface area contributed by atoms with E-state index >= 15 is 0 Å². The van der Waals surface area contributed by atoms with Crippen molar-refractivity contribution < 1.29 is 25.8 Å². The van der Waals surface area contributed by atoms with Crippen LogP contribution in [0.2, 0.25) is 0 Å². The Balaban J connectivity index is 1.67. The molecule has 6 rings (SSSR count). The van der Waals surface area contributed by atoms with Crippen molar-refractivity contribution in [2.75, 3.05) is 0 Å². The molecule has 54 heavy (non-hydrogen) atoms. The molecule has 0 saturated carbocycles. The van der Waals surface area contributed by atoms with Crippen LogP contribution in [0.25, 0.3) is 34.4 Å². The molecule has 0 heterocycles. The summed E-state index contributed by atoms with van der Waals surface area (Å²) in [5.74, 6) is 1.15. The van der Waals surface area contributed by atoms with Crippen LogP contribution in [0.15, 0.2) is 96.1 Å². The van der Waals surface area contributed by atoms with E-state index in [2.05, 4.69) is 163 Å². The third kappa shape index (κ3) is 7.17. The fourth-order valence-corrected chi connectivity index (χ4v) is 30.3. The quantitative estimate of drug-likeness (QED) is 0.0925. The maximum absolute atomic E-state index is 12.6. The van der Waals surface area contributed by atoms with Gasteiger partial charge in [-0.05, 0) is 0 Å². The van der Waals surface area contributed by atoms with E-state index < -0.39 is 27.9 Å². The number of fused-ring (bicyclic) bond motifs is 2. The van der Waals surface area contributed by atoms with Crippen molar-refractivity contribution >= 4 is 46.5 Å². The zero-order chi connectivity index (χ0) is 39.0. The Morgan fingerprint density at radius 1 is 0.574 bits per heavy atom. The average Bonchev–Trinajstić information content (AvgIpc) is 3.74. The molecule has 0 saturated heterocycles. The van der Waals surface area contributed by atoms with Crippen LogP contribution in [-0.2, 0) is 38.6 Å². The van der Waals surface area contributed by atoms with E-state index in [-0.39, 0.29) is 11.8 Å². The molecule has 4 aromatic rings. The van der Waals surface area contributed by atoms with Crippen molar-refractivity contribution in [2.45, 2.75) is 75.5 Å². The van der Waals surface area contributed by atoms with Gasteiger partial charge in [-0.1, -0.05) is 0 Å². The van der Waals surface area contributed by atoms with Gasteiger partial charge in [0.2, 0.25) is 0 Å². The second kappa shape index (κ2) is 16.1. The van der Waals surface area contributed by atoms with Crippen LogP contribution >= 0.6 is 17.0 Å². The molecule has 2 aliphatic carbocycles. The van der Waals surface area contributed by atoms with Gasteiger partial charge in [-0.25, -0.2) is 0 Å². The summed E-state index contributed by atoms with van der Waals surface area (Å²) >= 11 is -5.92. The van der Waals surface area contributed by atoms with Crippen LogP contribution in [0.1, 0.15) is 96.0 Å².